The molecule has 1 aliphatic rings. The van der Waals surface area contributed by atoms with Gasteiger partial charge in [0.15, 0.2) is 11.2 Å². The monoisotopic (exact) mass is 353 g/mol. The molecule has 0 saturated heterocycles. The summed E-state index contributed by atoms with van der Waals surface area (Å²) >= 11 is 0. The lowest BCUT2D eigenvalue weighted by Gasteiger charge is -2.33. The fourth-order valence-corrected chi connectivity index (χ4v) is 3.85. The Hall–Kier alpha value is -2.83. The summed E-state index contributed by atoms with van der Waals surface area (Å²) in [6.07, 6.45) is 0. The lowest BCUT2D eigenvalue weighted by atomic mass is 10.1. The van der Waals surface area contributed by atoms with Crippen molar-refractivity contribution in [1.29, 1.82) is 0 Å². The summed E-state index contributed by atoms with van der Waals surface area (Å²) in [5.74, 6) is 1.08. The molecule has 136 valence electrons. The van der Waals surface area contributed by atoms with E-state index in [1.54, 1.807) is 7.05 Å². The number of nitrogens with zero attached hydrogens (tertiary/aromatic N) is 5. The second-order valence-corrected chi connectivity index (χ2v) is 7.09. The zero-order chi connectivity index (χ0) is 18.6. The largest absolute Gasteiger partial charge is 0.332 e. The van der Waals surface area contributed by atoms with Crippen molar-refractivity contribution in [3.63, 3.8) is 0 Å². The van der Waals surface area contributed by atoms with E-state index in [9.17, 15) is 9.59 Å². The number of anilines is 2. The highest BCUT2D eigenvalue weighted by molar-refractivity contribution is 5.77. The third-order valence-corrected chi connectivity index (χ3v) is 5.16. The first kappa shape index (κ1) is 16.6. The summed E-state index contributed by atoms with van der Waals surface area (Å²) in [6, 6.07) is 8.16. The molecular weight excluding hydrogens is 330 g/mol. The van der Waals surface area contributed by atoms with Crippen molar-refractivity contribution in [2.45, 2.75) is 33.9 Å². The van der Waals surface area contributed by atoms with Crippen molar-refractivity contribution in [2.75, 3.05) is 11.4 Å². The summed E-state index contributed by atoms with van der Waals surface area (Å²) < 4.78 is 4.73. The van der Waals surface area contributed by atoms with Gasteiger partial charge in [0.05, 0.1) is 0 Å². The summed E-state index contributed by atoms with van der Waals surface area (Å²) in [7, 11) is 1.68. The van der Waals surface area contributed by atoms with Crippen molar-refractivity contribution >= 4 is 22.8 Å². The number of rotatable bonds is 2. The van der Waals surface area contributed by atoms with Gasteiger partial charge < -0.3 is 9.47 Å². The minimum absolute atomic E-state index is 0.261. The second-order valence-electron chi connectivity index (χ2n) is 7.09. The van der Waals surface area contributed by atoms with E-state index in [1.165, 1.54) is 9.13 Å². The lowest BCUT2D eigenvalue weighted by molar-refractivity contribution is 0.457. The van der Waals surface area contributed by atoms with Crippen molar-refractivity contribution in [1.82, 2.24) is 18.7 Å². The summed E-state index contributed by atoms with van der Waals surface area (Å²) in [5, 5.41) is 0. The van der Waals surface area contributed by atoms with Gasteiger partial charge in [0.1, 0.15) is 0 Å². The van der Waals surface area contributed by atoms with Crippen LogP contribution in [0.2, 0.25) is 0 Å². The standard InChI is InChI=1S/C19H23N5O2/c1-5-22-17(25)15-16(21(4)19(22)26)20-18-23(10-12(2)11-24(15)18)14-9-7-6-8-13(14)3/h6-9,12H,5,10-11H2,1-4H3/t12-/m1/s1. The average Bonchev–Trinajstić information content (AvgIpc) is 3.00. The van der Waals surface area contributed by atoms with Gasteiger partial charge in [0, 0.05) is 32.4 Å². The number of para-hydroxylation sites is 1. The molecule has 4 rings (SSSR count). The fraction of sp³-hybridized carbons (Fsp3) is 0.421. The molecule has 2 aromatic heterocycles. The minimum Gasteiger partial charge on any atom is -0.311 e. The quantitative estimate of drug-likeness (QED) is 0.707. The van der Waals surface area contributed by atoms with Crippen LogP contribution in [0.5, 0.6) is 0 Å². The third kappa shape index (κ3) is 2.23. The molecule has 1 aromatic carbocycles. The predicted molar refractivity (Wildman–Crippen MR) is 102 cm³/mol. The van der Waals surface area contributed by atoms with Gasteiger partial charge in [-0.2, -0.15) is 4.98 Å². The molecule has 0 N–H and O–H groups in total. The molecule has 26 heavy (non-hydrogen) atoms. The van der Waals surface area contributed by atoms with Crippen LogP contribution in [-0.4, -0.2) is 25.2 Å². The zero-order valence-electron chi connectivity index (χ0n) is 15.6. The van der Waals surface area contributed by atoms with Gasteiger partial charge in [-0.1, -0.05) is 25.1 Å². The Balaban J connectivity index is 2.07. The Bertz CT molecular complexity index is 1120. The van der Waals surface area contributed by atoms with Crippen molar-refractivity contribution in [3.05, 3.63) is 50.7 Å². The van der Waals surface area contributed by atoms with Crippen LogP contribution in [0.4, 0.5) is 11.6 Å². The first-order valence-electron chi connectivity index (χ1n) is 8.97. The van der Waals surface area contributed by atoms with E-state index in [4.69, 9.17) is 4.98 Å². The maximum absolute atomic E-state index is 13.0. The van der Waals surface area contributed by atoms with E-state index in [0.29, 0.717) is 30.2 Å². The van der Waals surface area contributed by atoms with E-state index < -0.39 is 0 Å². The van der Waals surface area contributed by atoms with Crippen LogP contribution >= 0.6 is 0 Å². The summed E-state index contributed by atoms with van der Waals surface area (Å²) in [4.78, 5) is 32.3. The molecule has 0 bridgehead atoms. The molecule has 1 aliphatic heterocycles. The highest BCUT2D eigenvalue weighted by Gasteiger charge is 2.30. The molecule has 0 spiro atoms. The van der Waals surface area contributed by atoms with Gasteiger partial charge in [0.2, 0.25) is 5.95 Å². The normalized spacial score (nSPS) is 16.9. The molecule has 0 amide bonds. The minimum atomic E-state index is -0.323. The molecule has 0 unspecified atom stereocenters. The molecule has 0 fully saturated rings. The van der Waals surface area contributed by atoms with Gasteiger partial charge >= 0.3 is 5.69 Å². The lowest BCUT2D eigenvalue weighted by Crippen LogP contribution is -2.40. The van der Waals surface area contributed by atoms with E-state index in [1.807, 2.05) is 23.6 Å². The molecule has 1 atom stereocenters. The van der Waals surface area contributed by atoms with Crippen LogP contribution < -0.4 is 16.1 Å². The predicted octanol–water partition coefficient (Wildman–Crippen LogP) is 2.01. The molecule has 7 nitrogen and oxygen atoms in total. The highest BCUT2D eigenvalue weighted by Crippen LogP contribution is 2.34. The molecule has 0 aliphatic carbocycles. The SMILES string of the molecule is CCn1c(=O)c2c(nc3n2C[C@H](C)CN3c2ccccc2C)n(C)c1=O. The Morgan fingerprint density at radius 2 is 1.92 bits per heavy atom. The van der Waals surface area contributed by atoms with Crippen LogP contribution in [0.25, 0.3) is 11.2 Å². The van der Waals surface area contributed by atoms with Gasteiger partial charge in [-0.05, 0) is 31.4 Å². The molecular formula is C19H23N5O2. The first-order valence-corrected chi connectivity index (χ1v) is 8.97. The van der Waals surface area contributed by atoms with Crippen molar-refractivity contribution in [3.8, 4) is 0 Å². The fourth-order valence-electron chi connectivity index (χ4n) is 3.85. The number of benzene rings is 1. The molecule has 0 radical (unpaired) electrons. The summed E-state index contributed by atoms with van der Waals surface area (Å²) in [6.45, 7) is 7.93. The Kier molecular flexibility index (Phi) is 3.75. The van der Waals surface area contributed by atoms with Gasteiger partial charge in [0.25, 0.3) is 5.56 Å². The number of imidazole rings is 1. The average molecular weight is 353 g/mol. The molecule has 0 saturated carbocycles. The van der Waals surface area contributed by atoms with Crippen LogP contribution in [-0.2, 0) is 20.1 Å². The number of hydrogen-bond donors (Lipinski definition) is 0. The Morgan fingerprint density at radius 3 is 2.62 bits per heavy atom. The van der Waals surface area contributed by atoms with E-state index in [0.717, 1.165) is 23.7 Å². The van der Waals surface area contributed by atoms with E-state index >= 15 is 0 Å². The molecule has 3 aromatic rings. The second kappa shape index (κ2) is 5.86. The van der Waals surface area contributed by atoms with Gasteiger partial charge in [-0.15, -0.1) is 0 Å². The number of aromatic nitrogens is 4. The van der Waals surface area contributed by atoms with Crippen molar-refractivity contribution < 1.29 is 0 Å². The van der Waals surface area contributed by atoms with Crippen LogP contribution in [0.3, 0.4) is 0 Å². The van der Waals surface area contributed by atoms with Crippen LogP contribution in [0, 0.1) is 12.8 Å². The van der Waals surface area contributed by atoms with E-state index in [2.05, 4.69) is 30.9 Å². The summed E-state index contributed by atoms with van der Waals surface area (Å²) in [5.41, 5.74) is 2.61. The third-order valence-electron chi connectivity index (χ3n) is 5.16. The highest BCUT2D eigenvalue weighted by atomic mass is 16.2. The van der Waals surface area contributed by atoms with Crippen molar-refractivity contribution in [2.24, 2.45) is 13.0 Å². The van der Waals surface area contributed by atoms with E-state index in [-0.39, 0.29) is 11.2 Å². The van der Waals surface area contributed by atoms with Gasteiger partial charge in [-0.25, -0.2) is 4.79 Å². The van der Waals surface area contributed by atoms with Crippen LogP contribution in [0.1, 0.15) is 19.4 Å². The molecule has 7 heteroatoms. The smallest absolute Gasteiger partial charge is 0.311 e. The Morgan fingerprint density at radius 1 is 1.19 bits per heavy atom. The molecule has 3 heterocycles. The maximum Gasteiger partial charge on any atom is 0.332 e. The topological polar surface area (TPSA) is 65.1 Å². The van der Waals surface area contributed by atoms with Gasteiger partial charge in [-0.3, -0.25) is 13.9 Å². The number of aryl methyl sites for hydroxylation is 2. The number of fused-ring (bicyclic) bond motifs is 3. The first-order chi connectivity index (χ1) is 12.4. The number of hydrogen-bond acceptors (Lipinski definition) is 4. The zero-order valence-corrected chi connectivity index (χ0v) is 15.6. The Labute approximate surface area is 151 Å². The van der Waals surface area contributed by atoms with Crippen LogP contribution in [0.15, 0.2) is 33.9 Å². The maximum atomic E-state index is 13.0.